The average Bonchev–Trinajstić information content (AvgIpc) is 2.61. The van der Waals surface area contributed by atoms with Gasteiger partial charge in [0.1, 0.15) is 32.0 Å². The van der Waals surface area contributed by atoms with Gasteiger partial charge in [0.25, 0.3) is 11.8 Å². The van der Waals surface area contributed by atoms with Crippen molar-refractivity contribution >= 4 is 23.4 Å². The summed E-state index contributed by atoms with van der Waals surface area (Å²) in [5.74, 6) is -0.782. The van der Waals surface area contributed by atoms with Crippen molar-refractivity contribution in [1.29, 1.82) is 0 Å². The Labute approximate surface area is 177 Å². The van der Waals surface area contributed by atoms with Gasteiger partial charge < -0.3 is 25.3 Å². The van der Waals surface area contributed by atoms with Crippen molar-refractivity contribution in [2.75, 3.05) is 58.2 Å². The number of halogens is 1. The van der Waals surface area contributed by atoms with Gasteiger partial charge in [-0.05, 0) is 39.0 Å². The lowest BCUT2D eigenvalue weighted by atomic mass is 10.1. The first kappa shape index (κ1) is 23.8. The number of quaternary nitrogens is 2. The highest BCUT2D eigenvalue weighted by Gasteiger charge is 2.28. The minimum Gasteiger partial charge on any atom is -0.350 e. The standard InChI is InChI=1S/C21H32FN5O3/c1-21(2,3)24-19(29)13-25(4)20(30)15-27-10-8-26(9-11-27)14-18(28)23-17-7-5-6-16(22)12-17/h5-7,12H,8-11,13-15H2,1-4H3,(H,23,28)(H,24,29)/p+2. The Balaban J connectivity index is 1.70. The molecule has 1 aliphatic heterocycles. The highest BCUT2D eigenvalue weighted by Crippen LogP contribution is 2.08. The second-order valence-electron chi connectivity index (χ2n) is 8.96. The molecule has 0 aliphatic carbocycles. The molecule has 0 aromatic heterocycles. The third kappa shape index (κ3) is 8.46. The number of rotatable bonds is 7. The molecule has 0 bridgehead atoms. The maximum absolute atomic E-state index is 13.2. The Hall–Kier alpha value is -2.52. The Morgan fingerprint density at radius 3 is 2.20 bits per heavy atom. The maximum Gasteiger partial charge on any atom is 0.279 e. The van der Waals surface area contributed by atoms with Crippen molar-refractivity contribution in [3.8, 4) is 0 Å². The van der Waals surface area contributed by atoms with Gasteiger partial charge in [-0.2, -0.15) is 0 Å². The molecule has 1 heterocycles. The third-order valence-electron chi connectivity index (χ3n) is 4.91. The molecule has 30 heavy (non-hydrogen) atoms. The van der Waals surface area contributed by atoms with Gasteiger partial charge in [0.2, 0.25) is 5.91 Å². The fourth-order valence-electron chi connectivity index (χ4n) is 3.42. The summed E-state index contributed by atoms with van der Waals surface area (Å²) in [6.07, 6.45) is 0. The van der Waals surface area contributed by atoms with Gasteiger partial charge in [0, 0.05) is 18.3 Å². The molecule has 1 aromatic carbocycles. The number of benzene rings is 1. The molecule has 8 nitrogen and oxygen atoms in total. The summed E-state index contributed by atoms with van der Waals surface area (Å²) in [5.41, 5.74) is 0.125. The Morgan fingerprint density at radius 2 is 1.63 bits per heavy atom. The van der Waals surface area contributed by atoms with Crippen LogP contribution in [0.3, 0.4) is 0 Å². The van der Waals surface area contributed by atoms with Crippen LogP contribution in [0.4, 0.5) is 10.1 Å². The molecule has 0 radical (unpaired) electrons. The van der Waals surface area contributed by atoms with E-state index in [0.717, 1.165) is 36.0 Å². The van der Waals surface area contributed by atoms with E-state index in [2.05, 4.69) is 10.6 Å². The molecule has 166 valence electrons. The van der Waals surface area contributed by atoms with E-state index in [-0.39, 0.29) is 35.6 Å². The van der Waals surface area contributed by atoms with E-state index in [1.54, 1.807) is 19.2 Å². The average molecular weight is 424 g/mol. The van der Waals surface area contributed by atoms with E-state index in [1.165, 1.54) is 17.0 Å². The quantitative estimate of drug-likeness (QED) is 0.406. The number of nitrogens with one attached hydrogen (secondary N) is 4. The molecule has 0 saturated carbocycles. The van der Waals surface area contributed by atoms with E-state index in [0.29, 0.717) is 18.8 Å². The number of carbonyl (C=O) groups is 3. The molecule has 1 aromatic rings. The number of hydrogen-bond acceptors (Lipinski definition) is 3. The summed E-state index contributed by atoms with van der Waals surface area (Å²) in [6, 6.07) is 5.83. The van der Waals surface area contributed by atoms with Crippen LogP contribution >= 0.6 is 0 Å². The molecular formula is C21H34FN5O3+2. The molecule has 0 unspecified atom stereocenters. The van der Waals surface area contributed by atoms with Crippen molar-refractivity contribution in [2.45, 2.75) is 26.3 Å². The van der Waals surface area contributed by atoms with Crippen LogP contribution < -0.4 is 20.4 Å². The molecule has 9 heteroatoms. The van der Waals surface area contributed by atoms with Crippen LogP contribution in [-0.2, 0) is 14.4 Å². The number of hydrogen-bond donors (Lipinski definition) is 4. The number of carbonyl (C=O) groups excluding carboxylic acids is 3. The summed E-state index contributed by atoms with van der Waals surface area (Å²) in [5, 5.41) is 5.57. The molecular weight excluding hydrogens is 389 g/mol. The van der Waals surface area contributed by atoms with Crippen molar-refractivity contribution in [1.82, 2.24) is 10.2 Å². The zero-order valence-electron chi connectivity index (χ0n) is 18.3. The number of piperazine rings is 1. The number of anilines is 1. The highest BCUT2D eigenvalue weighted by atomic mass is 19.1. The first-order valence-electron chi connectivity index (χ1n) is 10.3. The smallest absolute Gasteiger partial charge is 0.279 e. The summed E-state index contributed by atoms with van der Waals surface area (Å²) < 4.78 is 13.2. The molecule has 1 saturated heterocycles. The van der Waals surface area contributed by atoms with Crippen LogP contribution in [0.25, 0.3) is 0 Å². The minimum atomic E-state index is -0.386. The monoisotopic (exact) mass is 423 g/mol. The molecule has 2 rings (SSSR count). The predicted molar refractivity (Wildman–Crippen MR) is 112 cm³/mol. The largest absolute Gasteiger partial charge is 0.350 e. The first-order valence-corrected chi connectivity index (χ1v) is 10.3. The van der Waals surface area contributed by atoms with Crippen LogP contribution in [-0.4, -0.2) is 81.0 Å². The van der Waals surface area contributed by atoms with Crippen LogP contribution in [0.5, 0.6) is 0 Å². The molecule has 4 N–H and O–H groups in total. The van der Waals surface area contributed by atoms with Crippen molar-refractivity contribution in [3.63, 3.8) is 0 Å². The lowest BCUT2D eigenvalue weighted by molar-refractivity contribution is -1.00. The van der Waals surface area contributed by atoms with Gasteiger partial charge in [-0.1, -0.05) is 6.07 Å². The summed E-state index contributed by atoms with van der Waals surface area (Å²) in [6.45, 7) is 9.48. The van der Waals surface area contributed by atoms with Gasteiger partial charge in [0.15, 0.2) is 13.1 Å². The van der Waals surface area contributed by atoms with E-state index in [4.69, 9.17) is 0 Å². The number of likely N-dealkylation sites (N-methyl/N-ethyl adjacent to an activating group) is 1. The van der Waals surface area contributed by atoms with E-state index >= 15 is 0 Å². The van der Waals surface area contributed by atoms with Gasteiger partial charge in [-0.25, -0.2) is 4.39 Å². The van der Waals surface area contributed by atoms with Gasteiger partial charge in [-0.3, -0.25) is 14.4 Å². The van der Waals surface area contributed by atoms with Gasteiger partial charge in [-0.15, -0.1) is 0 Å². The van der Waals surface area contributed by atoms with Crippen LogP contribution in [0.1, 0.15) is 20.8 Å². The van der Waals surface area contributed by atoms with Crippen LogP contribution in [0.15, 0.2) is 24.3 Å². The fraction of sp³-hybridized carbons (Fsp3) is 0.571. The topological polar surface area (TPSA) is 87.4 Å². The molecule has 1 fully saturated rings. The van der Waals surface area contributed by atoms with Crippen molar-refractivity contribution in [3.05, 3.63) is 30.1 Å². The predicted octanol–water partition coefficient (Wildman–Crippen LogP) is -2.08. The van der Waals surface area contributed by atoms with E-state index in [1.807, 2.05) is 20.8 Å². The maximum atomic E-state index is 13.2. The summed E-state index contributed by atoms with van der Waals surface area (Å²) in [7, 11) is 1.64. The van der Waals surface area contributed by atoms with Crippen LogP contribution in [0, 0.1) is 5.82 Å². The van der Waals surface area contributed by atoms with Gasteiger partial charge >= 0.3 is 0 Å². The fourth-order valence-corrected chi connectivity index (χ4v) is 3.42. The normalized spacial score (nSPS) is 19.1. The highest BCUT2D eigenvalue weighted by molar-refractivity contribution is 5.91. The first-order chi connectivity index (χ1) is 14.0. The molecule has 0 spiro atoms. The second kappa shape index (κ2) is 10.5. The summed E-state index contributed by atoms with van der Waals surface area (Å²) in [4.78, 5) is 40.3. The summed E-state index contributed by atoms with van der Waals surface area (Å²) >= 11 is 0. The zero-order valence-corrected chi connectivity index (χ0v) is 18.3. The molecule has 3 amide bonds. The van der Waals surface area contributed by atoms with Gasteiger partial charge in [0.05, 0.1) is 6.54 Å². The molecule has 0 atom stereocenters. The lowest BCUT2D eigenvalue weighted by Gasteiger charge is -2.30. The Kier molecular flexibility index (Phi) is 8.31. The Bertz CT molecular complexity index is 757. The Morgan fingerprint density at radius 1 is 1.03 bits per heavy atom. The van der Waals surface area contributed by atoms with Crippen LogP contribution in [0.2, 0.25) is 0 Å². The minimum absolute atomic E-state index is 0.0427. The zero-order chi connectivity index (χ0) is 22.3. The van der Waals surface area contributed by atoms with Crippen molar-refractivity contribution < 1.29 is 28.6 Å². The second-order valence-corrected chi connectivity index (χ2v) is 8.96. The van der Waals surface area contributed by atoms with E-state index in [9.17, 15) is 18.8 Å². The van der Waals surface area contributed by atoms with E-state index < -0.39 is 0 Å². The SMILES string of the molecule is CN(CC(=O)NC(C)(C)C)C(=O)C[NH+]1CC[NH+](CC(=O)Nc2cccc(F)c2)CC1. The van der Waals surface area contributed by atoms with Crippen molar-refractivity contribution in [2.24, 2.45) is 0 Å². The lowest BCUT2D eigenvalue weighted by Crippen LogP contribution is -3.28. The number of amides is 3. The molecule has 1 aliphatic rings. The third-order valence-corrected chi connectivity index (χ3v) is 4.91. The number of nitrogens with zero attached hydrogens (tertiary/aromatic N) is 1.